The molecule has 0 bridgehead atoms. The third-order valence-corrected chi connectivity index (χ3v) is 4.60. The van der Waals surface area contributed by atoms with Crippen molar-refractivity contribution >= 4 is 33.6 Å². The summed E-state index contributed by atoms with van der Waals surface area (Å²) in [6.45, 7) is 1.52. The molecule has 0 heterocycles. The predicted octanol–water partition coefficient (Wildman–Crippen LogP) is 1.27. The number of carbonyl (C=O) groups is 2. The number of ether oxygens (including phenoxy) is 1. The maximum Gasteiger partial charge on any atom is 0.337 e. The Morgan fingerprint density at radius 3 is 2.52 bits per heavy atom. The Kier molecular flexibility index (Phi) is 5.70. The van der Waals surface area contributed by atoms with E-state index in [1.165, 1.54) is 19.1 Å². The van der Waals surface area contributed by atoms with Gasteiger partial charge in [-0.2, -0.15) is 4.72 Å². The summed E-state index contributed by atoms with van der Waals surface area (Å²) in [6.07, 6.45) is 0.0584. The highest BCUT2D eigenvalue weighted by Crippen LogP contribution is 2.23. The van der Waals surface area contributed by atoms with Crippen molar-refractivity contribution in [2.24, 2.45) is 0 Å². The summed E-state index contributed by atoms with van der Waals surface area (Å²) in [5.41, 5.74) is -0.00866. The van der Waals surface area contributed by atoms with E-state index in [4.69, 9.17) is 16.7 Å². The summed E-state index contributed by atoms with van der Waals surface area (Å²) in [7, 11) is -3.03. The van der Waals surface area contributed by atoms with E-state index >= 15 is 0 Å². The van der Waals surface area contributed by atoms with Gasteiger partial charge in [0, 0.05) is 0 Å². The van der Waals surface area contributed by atoms with Gasteiger partial charge in [0.2, 0.25) is 10.0 Å². The summed E-state index contributed by atoms with van der Waals surface area (Å²) < 4.78 is 30.9. The zero-order chi connectivity index (χ0) is 16.2. The Labute approximate surface area is 126 Å². The molecule has 21 heavy (non-hydrogen) atoms. The fourth-order valence-electron chi connectivity index (χ4n) is 1.51. The lowest BCUT2D eigenvalue weighted by Gasteiger charge is -2.14. The molecule has 0 spiro atoms. The molecular formula is C12H14ClNO6S. The van der Waals surface area contributed by atoms with Crippen molar-refractivity contribution in [3.63, 3.8) is 0 Å². The van der Waals surface area contributed by atoms with Gasteiger partial charge in [-0.25, -0.2) is 13.2 Å². The number of methoxy groups -OCH3 is 1. The summed E-state index contributed by atoms with van der Waals surface area (Å²) in [5.74, 6) is -2.03. The molecule has 0 saturated carbocycles. The first kappa shape index (κ1) is 17.4. The Morgan fingerprint density at radius 1 is 1.43 bits per heavy atom. The van der Waals surface area contributed by atoms with Gasteiger partial charge in [-0.3, -0.25) is 4.79 Å². The molecule has 9 heteroatoms. The third-order valence-electron chi connectivity index (χ3n) is 2.65. The Bertz CT molecular complexity index is 658. The molecule has 1 rings (SSSR count). The zero-order valence-corrected chi connectivity index (χ0v) is 12.9. The van der Waals surface area contributed by atoms with Crippen molar-refractivity contribution < 1.29 is 27.9 Å². The number of esters is 1. The number of sulfonamides is 1. The largest absolute Gasteiger partial charge is 0.480 e. The number of halogens is 1. The molecule has 0 aliphatic rings. The van der Waals surface area contributed by atoms with Gasteiger partial charge in [-0.1, -0.05) is 18.5 Å². The minimum absolute atomic E-state index is 0.00866. The van der Waals surface area contributed by atoms with Crippen LogP contribution in [0.2, 0.25) is 5.02 Å². The molecule has 1 aromatic rings. The van der Waals surface area contributed by atoms with Crippen molar-refractivity contribution in [2.45, 2.75) is 24.3 Å². The van der Waals surface area contributed by atoms with Gasteiger partial charge in [0.15, 0.2) is 0 Å². The normalized spacial score (nSPS) is 12.7. The highest BCUT2D eigenvalue weighted by Gasteiger charge is 2.26. The van der Waals surface area contributed by atoms with Crippen LogP contribution < -0.4 is 4.72 Å². The van der Waals surface area contributed by atoms with Crippen molar-refractivity contribution in [1.29, 1.82) is 0 Å². The van der Waals surface area contributed by atoms with Gasteiger partial charge in [-0.15, -0.1) is 0 Å². The summed E-state index contributed by atoms with van der Waals surface area (Å²) >= 11 is 5.82. The number of benzene rings is 1. The van der Waals surface area contributed by atoms with Crippen molar-refractivity contribution in [1.82, 2.24) is 4.72 Å². The first-order valence-corrected chi connectivity index (χ1v) is 7.72. The summed E-state index contributed by atoms with van der Waals surface area (Å²) in [4.78, 5) is 21.9. The van der Waals surface area contributed by atoms with Gasteiger partial charge in [-0.05, 0) is 24.6 Å². The number of hydrogen-bond donors (Lipinski definition) is 2. The molecule has 0 fully saturated rings. The van der Waals surface area contributed by atoms with Crippen LogP contribution in [-0.4, -0.2) is 38.6 Å². The van der Waals surface area contributed by atoms with Crippen molar-refractivity contribution in [2.75, 3.05) is 7.11 Å². The van der Waals surface area contributed by atoms with Crippen LogP contribution in [0.3, 0.4) is 0 Å². The molecule has 2 N–H and O–H groups in total. The van der Waals surface area contributed by atoms with Crippen molar-refractivity contribution in [3.8, 4) is 0 Å². The lowest BCUT2D eigenvalue weighted by molar-refractivity contribution is -0.139. The lowest BCUT2D eigenvalue weighted by atomic mass is 10.2. The van der Waals surface area contributed by atoms with Gasteiger partial charge < -0.3 is 9.84 Å². The number of aliphatic carboxylic acids is 1. The molecule has 1 atom stereocenters. The van der Waals surface area contributed by atoms with E-state index < -0.39 is 28.0 Å². The van der Waals surface area contributed by atoms with E-state index in [2.05, 4.69) is 4.74 Å². The Balaban J connectivity index is 3.24. The van der Waals surface area contributed by atoms with E-state index in [0.29, 0.717) is 0 Å². The lowest BCUT2D eigenvalue weighted by Crippen LogP contribution is -2.40. The minimum atomic E-state index is -4.18. The first-order valence-electron chi connectivity index (χ1n) is 5.86. The number of carboxylic acid groups (broad SMARTS) is 1. The molecule has 116 valence electrons. The number of rotatable bonds is 6. The second kappa shape index (κ2) is 6.88. The van der Waals surface area contributed by atoms with E-state index in [1.807, 2.05) is 4.72 Å². The molecule has 0 saturated heterocycles. The highest BCUT2D eigenvalue weighted by atomic mass is 35.5. The molecule has 0 radical (unpaired) electrons. The van der Waals surface area contributed by atoms with Crippen LogP contribution >= 0.6 is 11.6 Å². The molecule has 1 unspecified atom stereocenters. The van der Waals surface area contributed by atoms with Gasteiger partial charge in [0.05, 0.1) is 17.7 Å². The number of carboxylic acids is 1. The topological polar surface area (TPSA) is 110 Å². The molecule has 0 aromatic heterocycles. The monoisotopic (exact) mass is 335 g/mol. The van der Waals surface area contributed by atoms with Crippen LogP contribution in [0.25, 0.3) is 0 Å². The maximum atomic E-state index is 12.2. The number of carbonyl (C=O) groups excluding carboxylic acids is 1. The zero-order valence-electron chi connectivity index (χ0n) is 11.3. The predicted molar refractivity (Wildman–Crippen MR) is 74.8 cm³/mol. The quantitative estimate of drug-likeness (QED) is 0.757. The highest BCUT2D eigenvalue weighted by molar-refractivity contribution is 7.89. The van der Waals surface area contributed by atoms with Crippen LogP contribution in [0.15, 0.2) is 23.1 Å². The van der Waals surface area contributed by atoms with E-state index in [0.717, 1.165) is 13.2 Å². The van der Waals surface area contributed by atoms with Crippen LogP contribution in [0.4, 0.5) is 0 Å². The van der Waals surface area contributed by atoms with Gasteiger partial charge >= 0.3 is 11.9 Å². The van der Waals surface area contributed by atoms with Crippen LogP contribution in [0.1, 0.15) is 23.7 Å². The first-order chi connectivity index (χ1) is 9.72. The second-order valence-corrected chi connectivity index (χ2v) is 6.15. The van der Waals surface area contributed by atoms with Crippen LogP contribution in [-0.2, 0) is 19.6 Å². The summed E-state index contributed by atoms with van der Waals surface area (Å²) in [6, 6.07) is 2.28. The molecule has 7 nitrogen and oxygen atoms in total. The minimum Gasteiger partial charge on any atom is -0.480 e. The Morgan fingerprint density at radius 2 is 2.05 bits per heavy atom. The molecule has 0 aliphatic carbocycles. The van der Waals surface area contributed by atoms with Crippen molar-refractivity contribution in [3.05, 3.63) is 28.8 Å². The average molecular weight is 336 g/mol. The Hall–Kier alpha value is -1.64. The third kappa shape index (κ3) is 4.16. The summed E-state index contributed by atoms with van der Waals surface area (Å²) in [5, 5.41) is 8.77. The fraction of sp³-hybridized carbons (Fsp3) is 0.333. The molecule has 0 amide bonds. The smallest absolute Gasteiger partial charge is 0.337 e. The molecular weight excluding hydrogens is 322 g/mol. The number of hydrogen-bond acceptors (Lipinski definition) is 5. The number of nitrogens with one attached hydrogen (secondary N) is 1. The second-order valence-electron chi connectivity index (χ2n) is 4.06. The average Bonchev–Trinajstić information content (AvgIpc) is 2.43. The molecule has 1 aromatic carbocycles. The molecule has 0 aliphatic heterocycles. The fourth-order valence-corrected chi connectivity index (χ4v) is 3.31. The standard InChI is InChI=1S/C12H14ClNO6S/c1-3-9(11(15)16)14-21(18,19)10-6-7(12(17)20-2)4-5-8(10)13/h4-6,9,14H,3H2,1-2H3,(H,15,16). The van der Waals surface area contributed by atoms with Crippen LogP contribution in [0, 0.1) is 0 Å². The van der Waals surface area contributed by atoms with E-state index in [-0.39, 0.29) is 21.9 Å². The SMILES string of the molecule is CCC(NS(=O)(=O)c1cc(C(=O)OC)ccc1Cl)C(=O)O. The van der Waals surface area contributed by atoms with E-state index in [1.54, 1.807) is 0 Å². The van der Waals surface area contributed by atoms with Gasteiger partial charge in [0.25, 0.3) is 0 Å². The van der Waals surface area contributed by atoms with Gasteiger partial charge in [0.1, 0.15) is 10.9 Å². The van der Waals surface area contributed by atoms with E-state index in [9.17, 15) is 18.0 Å². The van der Waals surface area contributed by atoms with Crippen LogP contribution in [0.5, 0.6) is 0 Å². The maximum absolute atomic E-state index is 12.2.